The predicted molar refractivity (Wildman–Crippen MR) is 66.9 cm³/mol. The van der Waals surface area contributed by atoms with Crippen molar-refractivity contribution >= 4 is 0 Å². The quantitative estimate of drug-likeness (QED) is 0.744. The van der Waals surface area contributed by atoms with Crippen LogP contribution < -0.4 is 0 Å². The molecule has 0 N–H and O–H groups in total. The lowest BCUT2D eigenvalue weighted by Crippen LogP contribution is -2.61. The van der Waals surface area contributed by atoms with Crippen molar-refractivity contribution in [2.24, 2.45) is 5.92 Å². The van der Waals surface area contributed by atoms with Crippen LogP contribution in [0.3, 0.4) is 0 Å². The molecule has 3 heteroatoms. The number of rotatable bonds is 2. The molecule has 2 fully saturated rings. The van der Waals surface area contributed by atoms with E-state index in [-0.39, 0.29) is 11.7 Å². The van der Waals surface area contributed by atoms with Gasteiger partial charge < -0.3 is 14.2 Å². The first-order chi connectivity index (χ1) is 8.00. The van der Waals surface area contributed by atoms with Crippen molar-refractivity contribution in [3.05, 3.63) is 0 Å². The third-order valence-corrected chi connectivity index (χ3v) is 4.47. The van der Waals surface area contributed by atoms with Crippen LogP contribution in [-0.2, 0) is 14.2 Å². The van der Waals surface area contributed by atoms with Gasteiger partial charge in [-0.05, 0) is 39.5 Å². The number of hydrogen-bond acceptors (Lipinski definition) is 3. The minimum Gasteiger partial charge on any atom is -0.373 e. The highest BCUT2D eigenvalue weighted by Gasteiger charge is 2.50. The molecule has 0 aromatic rings. The zero-order valence-electron chi connectivity index (χ0n) is 11.6. The number of hydrogen-bond donors (Lipinski definition) is 0. The van der Waals surface area contributed by atoms with Gasteiger partial charge in [-0.3, -0.25) is 0 Å². The first kappa shape index (κ1) is 13.3. The van der Waals surface area contributed by atoms with Crippen molar-refractivity contribution in [3.8, 4) is 0 Å². The van der Waals surface area contributed by atoms with Gasteiger partial charge in [-0.25, -0.2) is 0 Å². The minimum atomic E-state index is -0.476. The molecule has 0 aromatic heterocycles. The Morgan fingerprint density at radius 3 is 2.29 bits per heavy atom. The average Bonchev–Trinajstić information content (AvgIpc) is 2.30. The lowest BCUT2D eigenvalue weighted by Gasteiger charge is -2.51. The Morgan fingerprint density at radius 2 is 1.76 bits per heavy atom. The molecule has 0 bridgehead atoms. The van der Waals surface area contributed by atoms with Crippen molar-refractivity contribution < 1.29 is 14.2 Å². The van der Waals surface area contributed by atoms with Gasteiger partial charge in [-0.2, -0.15) is 0 Å². The predicted octanol–water partition coefficient (Wildman–Crippen LogP) is 3.12. The molecule has 1 saturated carbocycles. The molecular formula is C14H26O3. The molecule has 1 aliphatic carbocycles. The molecular weight excluding hydrogens is 216 g/mol. The van der Waals surface area contributed by atoms with Crippen molar-refractivity contribution in [2.45, 2.75) is 70.4 Å². The maximum atomic E-state index is 5.99. The van der Waals surface area contributed by atoms with Crippen molar-refractivity contribution in [3.63, 3.8) is 0 Å². The Bertz CT molecular complexity index is 258. The normalized spacial score (nSPS) is 39.2. The van der Waals surface area contributed by atoms with Crippen molar-refractivity contribution in [1.82, 2.24) is 0 Å². The summed E-state index contributed by atoms with van der Waals surface area (Å²) in [5, 5.41) is 0. The highest BCUT2D eigenvalue weighted by atomic mass is 16.7. The maximum absolute atomic E-state index is 5.99. The smallest absolute Gasteiger partial charge is 0.163 e. The molecule has 17 heavy (non-hydrogen) atoms. The molecule has 0 radical (unpaired) electrons. The van der Waals surface area contributed by atoms with Crippen LogP contribution in [0.4, 0.5) is 0 Å². The fourth-order valence-corrected chi connectivity index (χ4v) is 3.40. The summed E-state index contributed by atoms with van der Waals surface area (Å²) in [6.07, 6.45) is 6.56. The lowest BCUT2D eigenvalue weighted by atomic mass is 9.74. The molecule has 1 aliphatic heterocycles. The van der Waals surface area contributed by atoms with E-state index in [2.05, 4.69) is 6.92 Å². The van der Waals surface area contributed by atoms with Gasteiger partial charge in [0.05, 0.1) is 12.7 Å². The van der Waals surface area contributed by atoms with E-state index >= 15 is 0 Å². The van der Waals surface area contributed by atoms with Gasteiger partial charge in [-0.15, -0.1) is 0 Å². The Kier molecular flexibility index (Phi) is 3.81. The monoisotopic (exact) mass is 242 g/mol. The number of ether oxygens (including phenoxy) is 3. The van der Waals surface area contributed by atoms with Gasteiger partial charge in [0.25, 0.3) is 0 Å². The molecule has 2 rings (SSSR count). The highest BCUT2D eigenvalue weighted by Crippen LogP contribution is 2.42. The second-order valence-electron chi connectivity index (χ2n) is 5.94. The average molecular weight is 242 g/mol. The summed E-state index contributed by atoms with van der Waals surface area (Å²) < 4.78 is 17.7. The fraction of sp³-hybridized carbons (Fsp3) is 1.00. The standard InChI is InChI=1S/C14H26O3/c1-11-14(15-4,10-16-13(2,3)17-11)12-8-6-5-7-9-12/h11-12H,5-10H2,1-4H3. The fourth-order valence-electron chi connectivity index (χ4n) is 3.40. The Labute approximate surface area is 105 Å². The van der Waals surface area contributed by atoms with Crippen LogP contribution >= 0.6 is 0 Å². The van der Waals surface area contributed by atoms with Crippen LogP contribution in [0.15, 0.2) is 0 Å². The van der Waals surface area contributed by atoms with Gasteiger partial charge in [-0.1, -0.05) is 19.3 Å². The van der Waals surface area contributed by atoms with Gasteiger partial charge >= 0.3 is 0 Å². The van der Waals surface area contributed by atoms with Crippen LogP contribution in [0.2, 0.25) is 0 Å². The SMILES string of the molecule is COC1(C2CCCCC2)COC(C)(C)OC1C. The third kappa shape index (κ3) is 2.51. The second kappa shape index (κ2) is 4.87. The van der Waals surface area contributed by atoms with E-state index in [1.165, 1.54) is 32.1 Å². The van der Waals surface area contributed by atoms with E-state index in [1.807, 2.05) is 13.8 Å². The summed E-state index contributed by atoms with van der Waals surface area (Å²) in [4.78, 5) is 0. The summed E-state index contributed by atoms with van der Waals surface area (Å²) in [7, 11) is 1.80. The summed E-state index contributed by atoms with van der Waals surface area (Å²) in [5.41, 5.74) is -0.240. The van der Waals surface area contributed by atoms with Gasteiger partial charge in [0.1, 0.15) is 5.60 Å². The molecule has 2 atom stereocenters. The maximum Gasteiger partial charge on any atom is 0.163 e. The largest absolute Gasteiger partial charge is 0.373 e. The molecule has 0 spiro atoms. The summed E-state index contributed by atoms with van der Waals surface area (Å²) in [6.45, 7) is 6.73. The molecule has 0 amide bonds. The lowest BCUT2D eigenvalue weighted by molar-refractivity contribution is -0.346. The van der Waals surface area contributed by atoms with Gasteiger partial charge in [0, 0.05) is 7.11 Å². The second-order valence-corrected chi connectivity index (χ2v) is 5.94. The molecule has 2 aliphatic rings. The zero-order valence-corrected chi connectivity index (χ0v) is 11.6. The van der Waals surface area contributed by atoms with E-state index in [1.54, 1.807) is 7.11 Å². The van der Waals surface area contributed by atoms with E-state index in [4.69, 9.17) is 14.2 Å². The molecule has 0 aromatic carbocycles. The van der Waals surface area contributed by atoms with Crippen LogP contribution in [0, 0.1) is 5.92 Å². The molecule has 1 saturated heterocycles. The number of methoxy groups -OCH3 is 1. The third-order valence-electron chi connectivity index (χ3n) is 4.47. The molecule has 2 unspecified atom stereocenters. The first-order valence-electron chi connectivity index (χ1n) is 6.87. The topological polar surface area (TPSA) is 27.7 Å². The van der Waals surface area contributed by atoms with E-state index in [9.17, 15) is 0 Å². The first-order valence-corrected chi connectivity index (χ1v) is 6.87. The Balaban J connectivity index is 2.13. The van der Waals surface area contributed by atoms with Crippen LogP contribution in [0.25, 0.3) is 0 Å². The van der Waals surface area contributed by atoms with E-state index in [0.29, 0.717) is 12.5 Å². The Hall–Kier alpha value is -0.120. The summed E-state index contributed by atoms with van der Waals surface area (Å²) in [5.74, 6) is 0.100. The van der Waals surface area contributed by atoms with Crippen molar-refractivity contribution in [1.29, 1.82) is 0 Å². The summed E-state index contributed by atoms with van der Waals surface area (Å²) >= 11 is 0. The van der Waals surface area contributed by atoms with Crippen molar-refractivity contribution in [2.75, 3.05) is 13.7 Å². The van der Waals surface area contributed by atoms with E-state index < -0.39 is 5.79 Å². The zero-order chi connectivity index (χ0) is 12.5. The summed E-state index contributed by atoms with van der Waals surface area (Å²) in [6, 6.07) is 0. The molecule has 100 valence electrons. The van der Waals surface area contributed by atoms with Crippen LogP contribution in [0.5, 0.6) is 0 Å². The van der Waals surface area contributed by atoms with Crippen LogP contribution in [-0.4, -0.2) is 31.2 Å². The molecule has 3 nitrogen and oxygen atoms in total. The Morgan fingerprint density at radius 1 is 1.12 bits per heavy atom. The van der Waals surface area contributed by atoms with Crippen LogP contribution in [0.1, 0.15) is 52.9 Å². The molecule has 1 heterocycles. The minimum absolute atomic E-state index is 0.0966. The van der Waals surface area contributed by atoms with E-state index in [0.717, 1.165) is 0 Å². The highest BCUT2D eigenvalue weighted by molar-refractivity contribution is 4.97. The van der Waals surface area contributed by atoms with Gasteiger partial charge in [0.15, 0.2) is 5.79 Å². The van der Waals surface area contributed by atoms with Gasteiger partial charge in [0.2, 0.25) is 0 Å².